The first kappa shape index (κ1) is 15.9. The molecule has 2 aromatic heterocycles. The molecule has 1 amide bonds. The van der Waals surface area contributed by atoms with Crippen LogP contribution in [0.15, 0.2) is 18.2 Å². The van der Waals surface area contributed by atoms with Gasteiger partial charge in [0.2, 0.25) is 0 Å². The van der Waals surface area contributed by atoms with E-state index in [1.165, 1.54) is 0 Å². The molecule has 0 bridgehead atoms. The Morgan fingerprint density at radius 1 is 1.24 bits per heavy atom. The number of rotatable bonds is 3. The van der Waals surface area contributed by atoms with E-state index in [9.17, 15) is 4.79 Å². The molecule has 0 atom stereocenters. The average Bonchev–Trinajstić information content (AvgIpc) is 3.26. The fraction of sp³-hybridized carbons (Fsp3) is 0.438. The summed E-state index contributed by atoms with van der Waals surface area (Å²) in [5, 5.41) is 17.9. The highest BCUT2D eigenvalue weighted by Crippen LogP contribution is 2.27. The van der Waals surface area contributed by atoms with Crippen LogP contribution in [0.3, 0.4) is 0 Å². The zero-order chi connectivity index (χ0) is 17.4. The van der Waals surface area contributed by atoms with Gasteiger partial charge in [-0.05, 0) is 50.2 Å². The van der Waals surface area contributed by atoms with E-state index < -0.39 is 0 Å². The Morgan fingerprint density at radius 2 is 2.00 bits per heavy atom. The van der Waals surface area contributed by atoms with Crippen molar-refractivity contribution in [3.05, 3.63) is 34.4 Å². The number of nitrogens with zero attached hydrogens (tertiary/aromatic N) is 5. The first-order chi connectivity index (χ1) is 12.2. The smallest absolute Gasteiger partial charge is 0.253 e. The molecular formula is C16H19N7OS. The number of piperidine rings is 1. The number of hydrogen-bond acceptors (Lipinski definition) is 5. The monoisotopic (exact) mass is 357 g/mol. The maximum atomic E-state index is 12.8. The van der Waals surface area contributed by atoms with E-state index in [-0.39, 0.29) is 5.91 Å². The molecule has 9 heteroatoms. The molecule has 0 spiro atoms. The topological polar surface area (TPSA) is 95.5 Å². The fourth-order valence-electron chi connectivity index (χ4n) is 3.44. The van der Waals surface area contributed by atoms with Gasteiger partial charge in [0.05, 0.1) is 0 Å². The molecule has 3 heterocycles. The van der Waals surface area contributed by atoms with Gasteiger partial charge in [-0.3, -0.25) is 9.89 Å². The van der Waals surface area contributed by atoms with Crippen LogP contribution in [-0.4, -0.2) is 54.1 Å². The second-order valence-corrected chi connectivity index (χ2v) is 6.61. The van der Waals surface area contributed by atoms with Gasteiger partial charge in [-0.2, -0.15) is 20.5 Å². The highest BCUT2D eigenvalue weighted by atomic mass is 32.1. The summed E-state index contributed by atoms with van der Waals surface area (Å²) in [6.45, 7) is 4.29. The van der Waals surface area contributed by atoms with E-state index in [1.807, 2.05) is 21.6 Å². The third-order valence-corrected chi connectivity index (χ3v) is 5.13. The lowest BCUT2D eigenvalue weighted by atomic mass is 9.95. The van der Waals surface area contributed by atoms with Gasteiger partial charge >= 0.3 is 0 Å². The molecule has 1 aliphatic heterocycles. The summed E-state index contributed by atoms with van der Waals surface area (Å²) in [5.74, 6) is 1.37. The lowest BCUT2D eigenvalue weighted by Gasteiger charge is -2.31. The number of nitrogens with one attached hydrogen (secondary N) is 2. The molecule has 1 aliphatic rings. The highest BCUT2D eigenvalue weighted by Gasteiger charge is 2.27. The lowest BCUT2D eigenvalue weighted by Crippen LogP contribution is -2.38. The first-order valence-electron chi connectivity index (χ1n) is 8.42. The summed E-state index contributed by atoms with van der Waals surface area (Å²) in [6, 6.07) is 5.41. The molecule has 2 N–H and O–H groups in total. The van der Waals surface area contributed by atoms with Crippen LogP contribution < -0.4 is 0 Å². The third kappa shape index (κ3) is 2.84. The molecule has 0 radical (unpaired) electrons. The first-order valence-corrected chi connectivity index (χ1v) is 8.83. The molecule has 1 fully saturated rings. The van der Waals surface area contributed by atoms with Crippen molar-refractivity contribution < 1.29 is 4.79 Å². The summed E-state index contributed by atoms with van der Waals surface area (Å²) >= 11 is 5.27. The van der Waals surface area contributed by atoms with Gasteiger partial charge < -0.3 is 9.47 Å². The Balaban J connectivity index is 1.47. The minimum Gasteiger partial charge on any atom is -0.339 e. The normalized spacial score (nSPS) is 15.8. The summed E-state index contributed by atoms with van der Waals surface area (Å²) in [7, 11) is 0. The SMILES string of the molecule is CCn1c(C2CCN(C(=O)c3ccc4n[nH]nc4c3)CC2)n[nH]c1=S. The van der Waals surface area contributed by atoms with Crippen LogP contribution in [0.1, 0.15) is 41.9 Å². The van der Waals surface area contributed by atoms with Crippen molar-refractivity contribution in [2.75, 3.05) is 13.1 Å². The predicted octanol–water partition coefficient (Wildman–Crippen LogP) is 2.25. The fourth-order valence-corrected chi connectivity index (χ4v) is 3.71. The van der Waals surface area contributed by atoms with Crippen LogP contribution in [0, 0.1) is 4.77 Å². The maximum absolute atomic E-state index is 12.8. The number of benzene rings is 1. The van der Waals surface area contributed by atoms with Crippen molar-refractivity contribution in [2.45, 2.75) is 32.2 Å². The van der Waals surface area contributed by atoms with E-state index in [0.717, 1.165) is 30.7 Å². The van der Waals surface area contributed by atoms with Crippen molar-refractivity contribution >= 4 is 29.2 Å². The van der Waals surface area contributed by atoms with Crippen molar-refractivity contribution in [1.82, 2.24) is 35.1 Å². The quantitative estimate of drug-likeness (QED) is 0.701. The van der Waals surface area contributed by atoms with Crippen molar-refractivity contribution in [3.63, 3.8) is 0 Å². The molecule has 1 saturated heterocycles. The minimum atomic E-state index is 0.0395. The largest absolute Gasteiger partial charge is 0.339 e. The Morgan fingerprint density at radius 3 is 2.76 bits per heavy atom. The lowest BCUT2D eigenvalue weighted by molar-refractivity contribution is 0.0710. The number of carbonyl (C=O) groups is 1. The van der Waals surface area contributed by atoms with E-state index in [2.05, 4.69) is 32.5 Å². The summed E-state index contributed by atoms with van der Waals surface area (Å²) < 4.78 is 2.70. The number of amides is 1. The molecule has 0 aliphatic carbocycles. The van der Waals surface area contributed by atoms with Gasteiger partial charge in [0.25, 0.3) is 5.91 Å². The number of hydrogen-bond donors (Lipinski definition) is 2. The number of aromatic nitrogens is 6. The standard InChI is InChI=1S/C16H19N7OS/c1-2-23-14(19-20-16(23)25)10-5-7-22(8-6-10)15(24)11-3-4-12-13(9-11)18-21-17-12/h3-4,9-10H,2,5-8H2,1H3,(H,20,25)(H,17,18,21). The van der Waals surface area contributed by atoms with E-state index in [1.54, 1.807) is 6.07 Å². The molecular weight excluding hydrogens is 338 g/mol. The Bertz CT molecular complexity index is 964. The molecule has 25 heavy (non-hydrogen) atoms. The second kappa shape index (κ2) is 6.40. The molecule has 0 saturated carbocycles. The number of fused-ring (bicyclic) bond motifs is 1. The summed E-state index contributed by atoms with van der Waals surface area (Å²) in [6.07, 6.45) is 1.77. The van der Waals surface area contributed by atoms with Gasteiger partial charge in [-0.1, -0.05) is 0 Å². The second-order valence-electron chi connectivity index (χ2n) is 6.22. The average molecular weight is 357 g/mol. The Labute approximate surface area is 149 Å². The van der Waals surface area contributed by atoms with Crippen LogP contribution >= 0.6 is 12.2 Å². The van der Waals surface area contributed by atoms with Gasteiger partial charge in [0.15, 0.2) is 4.77 Å². The minimum absolute atomic E-state index is 0.0395. The van der Waals surface area contributed by atoms with E-state index in [4.69, 9.17) is 12.2 Å². The summed E-state index contributed by atoms with van der Waals surface area (Å²) in [5.41, 5.74) is 2.12. The number of likely N-dealkylation sites (tertiary alicyclic amines) is 1. The van der Waals surface area contributed by atoms with Gasteiger partial charge in [0, 0.05) is 31.1 Å². The molecule has 1 aromatic carbocycles. The number of H-pyrrole nitrogens is 2. The molecule has 4 rings (SSSR count). The predicted molar refractivity (Wildman–Crippen MR) is 94.9 cm³/mol. The Hall–Kier alpha value is -2.55. The number of carbonyl (C=O) groups excluding carboxylic acids is 1. The highest BCUT2D eigenvalue weighted by molar-refractivity contribution is 7.71. The summed E-state index contributed by atoms with van der Waals surface area (Å²) in [4.78, 5) is 14.7. The van der Waals surface area contributed by atoms with Gasteiger partial charge in [-0.25, -0.2) is 0 Å². The number of aromatic amines is 2. The van der Waals surface area contributed by atoms with Crippen LogP contribution in [0.4, 0.5) is 0 Å². The molecule has 8 nitrogen and oxygen atoms in total. The third-order valence-electron chi connectivity index (χ3n) is 4.81. The van der Waals surface area contributed by atoms with Crippen LogP contribution in [0.2, 0.25) is 0 Å². The van der Waals surface area contributed by atoms with Crippen LogP contribution in [0.25, 0.3) is 11.0 Å². The zero-order valence-electron chi connectivity index (χ0n) is 13.9. The van der Waals surface area contributed by atoms with Crippen molar-refractivity contribution in [1.29, 1.82) is 0 Å². The molecule has 3 aromatic rings. The van der Waals surface area contributed by atoms with E-state index >= 15 is 0 Å². The van der Waals surface area contributed by atoms with Crippen LogP contribution in [0.5, 0.6) is 0 Å². The van der Waals surface area contributed by atoms with E-state index in [0.29, 0.717) is 34.9 Å². The zero-order valence-corrected chi connectivity index (χ0v) is 14.7. The Kier molecular flexibility index (Phi) is 4.08. The van der Waals surface area contributed by atoms with Gasteiger partial charge in [0.1, 0.15) is 16.9 Å². The molecule has 130 valence electrons. The maximum Gasteiger partial charge on any atom is 0.253 e. The van der Waals surface area contributed by atoms with Crippen molar-refractivity contribution in [3.8, 4) is 0 Å². The van der Waals surface area contributed by atoms with Crippen LogP contribution in [-0.2, 0) is 6.54 Å². The van der Waals surface area contributed by atoms with Gasteiger partial charge in [-0.15, -0.1) is 0 Å². The van der Waals surface area contributed by atoms with Crippen molar-refractivity contribution in [2.24, 2.45) is 0 Å². The molecule has 0 unspecified atom stereocenters.